The third-order valence-corrected chi connectivity index (χ3v) is 3.84. The average Bonchev–Trinajstić information content (AvgIpc) is 3.18. The van der Waals surface area contributed by atoms with E-state index in [4.69, 9.17) is 0 Å². The maximum atomic E-state index is 12.3. The summed E-state index contributed by atoms with van der Waals surface area (Å²) in [5, 5.41) is 13.9. The molecule has 7 heteroatoms. The number of carboxylic acids is 1. The van der Waals surface area contributed by atoms with Crippen molar-refractivity contribution in [3.05, 3.63) is 36.3 Å². The minimum Gasteiger partial charge on any atom is -0.548 e. The normalized spacial score (nSPS) is 16.8. The van der Waals surface area contributed by atoms with Crippen LogP contribution < -0.4 is 61.8 Å². The van der Waals surface area contributed by atoms with Crippen molar-refractivity contribution in [3.63, 3.8) is 0 Å². The number of carbonyl (C=O) groups excluding carboxylic acids is 2. The topological polar surface area (TPSA) is 86.5 Å². The van der Waals surface area contributed by atoms with Crippen LogP contribution >= 0.6 is 0 Å². The fraction of sp³-hybridized carbons (Fsp3) is 0.357. The van der Waals surface area contributed by atoms with E-state index in [9.17, 15) is 14.7 Å². The second kappa shape index (κ2) is 6.17. The van der Waals surface area contributed by atoms with Crippen molar-refractivity contribution in [3.8, 4) is 0 Å². The van der Waals surface area contributed by atoms with Crippen molar-refractivity contribution < 1.29 is 66.1 Å². The average molecular weight is 311 g/mol. The summed E-state index contributed by atoms with van der Waals surface area (Å²) < 4.78 is 1.62. The van der Waals surface area contributed by atoms with E-state index in [1.165, 1.54) is 13.1 Å². The summed E-state index contributed by atoms with van der Waals surface area (Å²) in [6, 6.07) is 5.37. The van der Waals surface area contributed by atoms with Crippen molar-refractivity contribution in [1.29, 1.82) is 0 Å². The SMILES string of the molecule is CC(NC(=O)c1cnc2ccccn12)(C(=O)[O-])C1CC1.[K+]. The van der Waals surface area contributed by atoms with Gasteiger partial charge in [0.1, 0.15) is 11.3 Å². The van der Waals surface area contributed by atoms with Gasteiger partial charge in [-0.1, -0.05) is 6.07 Å². The van der Waals surface area contributed by atoms with E-state index in [1.807, 2.05) is 6.07 Å². The van der Waals surface area contributed by atoms with Gasteiger partial charge in [0.15, 0.2) is 0 Å². The molecular weight excluding hydrogens is 297 g/mol. The molecule has 6 nitrogen and oxygen atoms in total. The summed E-state index contributed by atoms with van der Waals surface area (Å²) in [6.07, 6.45) is 4.73. The molecule has 2 aromatic rings. The Labute approximate surface area is 164 Å². The molecule has 1 amide bonds. The van der Waals surface area contributed by atoms with Crippen LogP contribution in [-0.2, 0) is 4.79 Å². The Morgan fingerprint density at radius 3 is 2.76 bits per heavy atom. The van der Waals surface area contributed by atoms with Crippen LogP contribution in [0.3, 0.4) is 0 Å². The molecule has 1 N–H and O–H groups in total. The van der Waals surface area contributed by atoms with E-state index in [2.05, 4.69) is 10.3 Å². The van der Waals surface area contributed by atoms with Gasteiger partial charge in [-0.3, -0.25) is 9.20 Å². The Balaban J connectivity index is 0.00000161. The third kappa shape index (κ3) is 3.07. The quantitative estimate of drug-likeness (QED) is 0.609. The molecule has 2 aromatic heterocycles. The maximum absolute atomic E-state index is 12.3. The van der Waals surface area contributed by atoms with Gasteiger partial charge in [0.05, 0.1) is 17.7 Å². The van der Waals surface area contributed by atoms with E-state index in [0.29, 0.717) is 11.3 Å². The molecule has 0 bridgehead atoms. The number of fused-ring (bicyclic) bond motifs is 1. The number of aromatic nitrogens is 2. The van der Waals surface area contributed by atoms with Crippen LogP contribution in [0.25, 0.3) is 5.65 Å². The van der Waals surface area contributed by atoms with Crippen LogP contribution in [0.2, 0.25) is 0 Å². The van der Waals surface area contributed by atoms with Gasteiger partial charge in [-0.2, -0.15) is 0 Å². The summed E-state index contributed by atoms with van der Waals surface area (Å²) in [4.78, 5) is 27.7. The molecule has 1 aliphatic carbocycles. The molecule has 3 rings (SSSR count). The van der Waals surface area contributed by atoms with Gasteiger partial charge >= 0.3 is 51.4 Å². The van der Waals surface area contributed by atoms with Gasteiger partial charge in [0.2, 0.25) is 0 Å². The zero-order chi connectivity index (χ0) is 14.3. The van der Waals surface area contributed by atoms with Crippen molar-refractivity contribution in [2.24, 2.45) is 5.92 Å². The van der Waals surface area contributed by atoms with E-state index in [-0.39, 0.29) is 57.3 Å². The Morgan fingerprint density at radius 1 is 1.43 bits per heavy atom. The van der Waals surface area contributed by atoms with Crippen LogP contribution in [0.5, 0.6) is 0 Å². The van der Waals surface area contributed by atoms with Crippen molar-refractivity contribution in [1.82, 2.24) is 14.7 Å². The standard InChI is InChI=1S/C14H15N3O3.K/c1-14(13(19)20,9-5-6-9)16-12(18)10-8-15-11-4-2-3-7-17(10)11;/h2-4,7-9H,5-6H2,1H3,(H,16,18)(H,19,20);/q;+1/p-1. The van der Waals surface area contributed by atoms with Crippen LogP contribution in [-0.4, -0.2) is 26.8 Å². The predicted octanol–water partition coefficient (Wildman–Crippen LogP) is -3.01. The third-order valence-electron chi connectivity index (χ3n) is 3.84. The van der Waals surface area contributed by atoms with E-state index in [0.717, 1.165) is 12.8 Å². The molecule has 0 aliphatic heterocycles. The van der Waals surface area contributed by atoms with Crippen molar-refractivity contribution in [2.45, 2.75) is 25.3 Å². The van der Waals surface area contributed by atoms with Gasteiger partial charge in [0.25, 0.3) is 5.91 Å². The van der Waals surface area contributed by atoms with Crippen LogP contribution in [0, 0.1) is 5.92 Å². The number of nitrogens with zero attached hydrogens (tertiary/aromatic N) is 2. The molecule has 1 fully saturated rings. The first-order chi connectivity index (χ1) is 9.52. The van der Waals surface area contributed by atoms with E-state index in [1.54, 1.807) is 22.7 Å². The van der Waals surface area contributed by atoms with Gasteiger partial charge in [-0.15, -0.1) is 0 Å². The molecule has 2 heterocycles. The molecule has 104 valence electrons. The van der Waals surface area contributed by atoms with E-state index < -0.39 is 17.4 Å². The number of carbonyl (C=O) groups is 2. The number of rotatable bonds is 4. The summed E-state index contributed by atoms with van der Waals surface area (Å²) in [5.41, 5.74) is -0.372. The largest absolute Gasteiger partial charge is 1.00 e. The zero-order valence-corrected chi connectivity index (χ0v) is 15.1. The van der Waals surface area contributed by atoms with Gasteiger partial charge in [-0.25, -0.2) is 4.98 Å². The number of carboxylic acid groups (broad SMARTS) is 1. The molecular formula is C14H14KN3O3. The van der Waals surface area contributed by atoms with Crippen LogP contribution in [0.1, 0.15) is 30.3 Å². The number of amides is 1. The number of nitrogens with one attached hydrogen (secondary N) is 1. The van der Waals surface area contributed by atoms with Crippen LogP contribution in [0.4, 0.5) is 0 Å². The molecule has 1 aliphatic rings. The Kier molecular flexibility index (Phi) is 4.89. The number of hydrogen-bond donors (Lipinski definition) is 1. The van der Waals surface area contributed by atoms with Gasteiger partial charge in [-0.05, 0) is 37.8 Å². The van der Waals surface area contributed by atoms with Gasteiger partial charge < -0.3 is 15.2 Å². The monoisotopic (exact) mass is 311 g/mol. The molecule has 1 saturated carbocycles. The number of aliphatic carboxylic acids is 1. The van der Waals surface area contributed by atoms with E-state index >= 15 is 0 Å². The van der Waals surface area contributed by atoms with Crippen molar-refractivity contribution >= 4 is 17.5 Å². The maximum Gasteiger partial charge on any atom is 1.00 e. The molecule has 21 heavy (non-hydrogen) atoms. The fourth-order valence-electron chi connectivity index (χ4n) is 2.38. The van der Waals surface area contributed by atoms with Gasteiger partial charge in [0, 0.05) is 6.20 Å². The molecule has 0 radical (unpaired) electrons. The molecule has 0 aromatic carbocycles. The number of pyridine rings is 1. The fourth-order valence-corrected chi connectivity index (χ4v) is 2.38. The first-order valence-corrected chi connectivity index (χ1v) is 6.48. The summed E-state index contributed by atoms with van der Waals surface area (Å²) in [6.45, 7) is 1.50. The molecule has 1 atom stereocenters. The molecule has 0 saturated heterocycles. The van der Waals surface area contributed by atoms with Crippen molar-refractivity contribution in [2.75, 3.05) is 0 Å². The number of hydrogen-bond acceptors (Lipinski definition) is 4. The summed E-state index contributed by atoms with van der Waals surface area (Å²) in [5.74, 6) is -1.76. The summed E-state index contributed by atoms with van der Waals surface area (Å²) >= 11 is 0. The minimum atomic E-state index is -1.32. The second-order valence-electron chi connectivity index (χ2n) is 5.29. The zero-order valence-electron chi connectivity index (χ0n) is 12.0. The second-order valence-corrected chi connectivity index (χ2v) is 5.29. The first kappa shape index (κ1) is 16.6. The molecule has 1 unspecified atom stereocenters. The van der Waals surface area contributed by atoms with Crippen LogP contribution in [0.15, 0.2) is 30.6 Å². The Hall–Kier alpha value is -0.734. The predicted molar refractivity (Wildman–Crippen MR) is 68.8 cm³/mol. The Morgan fingerprint density at radius 2 is 2.14 bits per heavy atom. The molecule has 0 spiro atoms. The Bertz CT molecular complexity index is 696. The minimum absolute atomic E-state index is 0. The number of imidazole rings is 1. The smallest absolute Gasteiger partial charge is 0.548 e. The first-order valence-electron chi connectivity index (χ1n) is 6.48. The summed E-state index contributed by atoms with van der Waals surface area (Å²) in [7, 11) is 0.